The second-order valence-electron chi connectivity index (χ2n) is 2.93. The fourth-order valence-corrected chi connectivity index (χ4v) is 1.29. The summed E-state index contributed by atoms with van der Waals surface area (Å²) in [5.74, 6) is 0. The van der Waals surface area contributed by atoms with E-state index in [2.05, 4.69) is 9.97 Å². The van der Waals surface area contributed by atoms with Crippen LogP contribution >= 0.6 is 0 Å². The number of fused-ring (bicyclic) bond motifs is 1. The van der Waals surface area contributed by atoms with E-state index < -0.39 is 0 Å². The Morgan fingerprint density at radius 2 is 2.17 bits per heavy atom. The lowest BCUT2D eigenvalue weighted by Crippen LogP contribution is -1.92. The molecule has 62 valence electrons. The molecule has 0 spiro atoms. The molecule has 12 heavy (non-hydrogen) atoms. The Kier molecular flexibility index (Phi) is 1.18. The van der Waals surface area contributed by atoms with Gasteiger partial charge in [-0.1, -0.05) is 0 Å². The van der Waals surface area contributed by atoms with Gasteiger partial charge in [0.05, 0.1) is 7.06 Å². The SMILES string of the molecule is [3H]c1c(C)n(C)c2ncnc(C)c12. The van der Waals surface area contributed by atoms with Crippen LogP contribution in [0.2, 0.25) is 0 Å². The smallest absolute Gasteiger partial charge is 0.143 e. The highest BCUT2D eigenvalue weighted by atomic mass is 15.0. The Hall–Kier alpha value is -1.38. The molecule has 0 radical (unpaired) electrons. The van der Waals surface area contributed by atoms with Gasteiger partial charge in [0, 0.05) is 18.1 Å². The number of hydrogen-bond acceptors (Lipinski definition) is 2. The van der Waals surface area contributed by atoms with E-state index in [-0.39, 0.29) is 0 Å². The number of aromatic nitrogens is 3. The minimum atomic E-state index is 0.538. The van der Waals surface area contributed by atoms with E-state index in [0.29, 0.717) is 6.04 Å². The fraction of sp³-hybridized carbons (Fsp3) is 0.333. The van der Waals surface area contributed by atoms with E-state index in [1.165, 1.54) is 6.33 Å². The molecule has 0 fully saturated rings. The zero-order valence-electron chi connectivity index (χ0n) is 8.42. The van der Waals surface area contributed by atoms with Gasteiger partial charge in [0.1, 0.15) is 12.0 Å². The van der Waals surface area contributed by atoms with Crippen molar-refractivity contribution >= 4 is 11.0 Å². The van der Waals surface area contributed by atoms with Crippen LogP contribution in [0, 0.1) is 13.8 Å². The summed E-state index contributed by atoms with van der Waals surface area (Å²) >= 11 is 0. The number of aryl methyl sites for hydroxylation is 2. The molecule has 0 saturated heterocycles. The number of nitrogens with zero attached hydrogens (tertiary/aromatic N) is 3. The molecule has 0 aromatic carbocycles. The summed E-state index contributed by atoms with van der Waals surface area (Å²) in [5, 5.41) is 0.863. The van der Waals surface area contributed by atoms with Crippen molar-refractivity contribution in [2.45, 2.75) is 13.8 Å². The normalized spacial score (nSPS) is 12.1. The summed E-state index contributed by atoms with van der Waals surface area (Å²) in [6.45, 7) is 3.82. The van der Waals surface area contributed by atoms with Crippen molar-refractivity contribution in [3.8, 4) is 0 Å². The van der Waals surface area contributed by atoms with Crippen LogP contribution in [0.1, 0.15) is 12.8 Å². The molecular weight excluding hydrogens is 150 g/mol. The van der Waals surface area contributed by atoms with Gasteiger partial charge in [0.15, 0.2) is 0 Å². The molecule has 2 aromatic heterocycles. The lowest BCUT2D eigenvalue weighted by molar-refractivity contribution is 0.898. The summed E-state index contributed by atoms with van der Waals surface area (Å²) in [4.78, 5) is 8.23. The van der Waals surface area contributed by atoms with Crippen LogP contribution in [0.3, 0.4) is 0 Å². The lowest BCUT2D eigenvalue weighted by atomic mass is 10.3. The molecule has 0 aliphatic rings. The van der Waals surface area contributed by atoms with E-state index in [9.17, 15) is 0 Å². The Morgan fingerprint density at radius 3 is 2.83 bits per heavy atom. The molecular formula is C9H11N3. The Morgan fingerprint density at radius 1 is 1.42 bits per heavy atom. The van der Waals surface area contributed by atoms with E-state index in [1.807, 2.05) is 25.5 Å². The van der Waals surface area contributed by atoms with Crippen LogP contribution in [0.5, 0.6) is 0 Å². The van der Waals surface area contributed by atoms with Gasteiger partial charge in [0.2, 0.25) is 0 Å². The Balaban J connectivity index is 3.03. The minimum Gasteiger partial charge on any atom is -0.333 e. The summed E-state index contributed by atoms with van der Waals surface area (Å²) < 4.78 is 9.77. The van der Waals surface area contributed by atoms with Gasteiger partial charge in [-0.05, 0) is 19.9 Å². The molecule has 0 aliphatic carbocycles. The molecule has 2 rings (SSSR count). The molecule has 3 nitrogen and oxygen atoms in total. The molecule has 0 bridgehead atoms. The van der Waals surface area contributed by atoms with Gasteiger partial charge in [-0.3, -0.25) is 0 Å². The summed E-state index contributed by atoms with van der Waals surface area (Å²) in [6.07, 6.45) is 1.54. The van der Waals surface area contributed by atoms with Crippen molar-refractivity contribution in [2.75, 3.05) is 0 Å². The van der Waals surface area contributed by atoms with E-state index in [1.54, 1.807) is 0 Å². The zero-order valence-corrected chi connectivity index (χ0v) is 7.42. The maximum atomic E-state index is 7.85. The topological polar surface area (TPSA) is 30.7 Å². The molecule has 2 aromatic rings. The van der Waals surface area contributed by atoms with Crippen molar-refractivity contribution < 1.29 is 1.37 Å². The third-order valence-corrected chi connectivity index (χ3v) is 2.14. The lowest BCUT2D eigenvalue weighted by Gasteiger charge is -1.96. The standard InChI is InChI=1S/C9H11N3/c1-6-4-8-7(2)10-5-11-9(8)12(6)3/h4-5H,1-3H3/i4T. The van der Waals surface area contributed by atoms with Gasteiger partial charge in [-0.15, -0.1) is 0 Å². The molecule has 2 heterocycles. The third kappa shape index (κ3) is 0.826. The summed E-state index contributed by atoms with van der Waals surface area (Å²) in [5.41, 5.74) is 2.65. The van der Waals surface area contributed by atoms with Gasteiger partial charge in [-0.25, -0.2) is 9.97 Å². The van der Waals surface area contributed by atoms with E-state index in [4.69, 9.17) is 1.37 Å². The first-order chi connectivity index (χ1) is 6.13. The van der Waals surface area contributed by atoms with Crippen molar-refractivity contribution in [1.82, 2.24) is 14.5 Å². The first-order valence-corrected chi connectivity index (χ1v) is 3.86. The van der Waals surface area contributed by atoms with Gasteiger partial charge in [-0.2, -0.15) is 0 Å². The quantitative estimate of drug-likeness (QED) is 0.590. The summed E-state index contributed by atoms with van der Waals surface area (Å²) in [6, 6.07) is 0.538. The third-order valence-electron chi connectivity index (χ3n) is 2.14. The molecule has 0 amide bonds. The minimum absolute atomic E-state index is 0.538. The van der Waals surface area contributed by atoms with Gasteiger partial charge in [0.25, 0.3) is 0 Å². The maximum Gasteiger partial charge on any atom is 0.143 e. The number of hydrogen-bond donors (Lipinski definition) is 0. The zero-order chi connectivity index (χ0) is 9.59. The molecule has 0 N–H and O–H groups in total. The van der Waals surface area contributed by atoms with Crippen LogP contribution in [0.4, 0.5) is 0 Å². The Labute approximate surface area is 72.5 Å². The monoisotopic (exact) mass is 163 g/mol. The average molecular weight is 163 g/mol. The van der Waals surface area contributed by atoms with E-state index in [0.717, 1.165) is 22.4 Å². The molecule has 0 atom stereocenters. The predicted octanol–water partition coefficient (Wildman–Crippen LogP) is 1.59. The highest BCUT2D eigenvalue weighted by Crippen LogP contribution is 2.17. The van der Waals surface area contributed by atoms with Crippen LogP contribution in [-0.4, -0.2) is 14.5 Å². The van der Waals surface area contributed by atoms with Crippen molar-refractivity contribution in [3.63, 3.8) is 0 Å². The summed E-state index contributed by atoms with van der Waals surface area (Å²) in [7, 11) is 1.92. The molecule has 3 heteroatoms. The van der Waals surface area contributed by atoms with Gasteiger partial charge >= 0.3 is 0 Å². The largest absolute Gasteiger partial charge is 0.333 e. The van der Waals surface area contributed by atoms with Crippen molar-refractivity contribution in [2.24, 2.45) is 7.05 Å². The maximum absolute atomic E-state index is 7.85. The van der Waals surface area contributed by atoms with Gasteiger partial charge < -0.3 is 4.57 Å². The second-order valence-corrected chi connectivity index (χ2v) is 2.93. The predicted molar refractivity (Wildman–Crippen MR) is 48.0 cm³/mol. The molecule has 0 unspecified atom stereocenters. The van der Waals surface area contributed by atoms with E-state index >= 15 is 0 Å². The van der Waals surface area contributed by atoms with Crippen LogP contribution in [0.25, 0.3) is 11.0 Å². The average Bonchev–Trinajstić information content (AvgIpc) is 2.33. The first-order valence-electron chi connectivity index (χ1n) is 4.36. The van der Waals surface area contributed by atoms with Crippen molar-refractivity contribution in [1.29, 1.82) is 0 Å². The molecule has 0 saturated carbocycles. The number of rotatable bonds is 0. The fourth-order valence-electron chi connectivity index (χ4n) is 1.29. The second kappa shape index (κ2) is 2.30. The highest BCUT2D eigenvalue weighted by molar-refractivity contribution is 5.79. The van der Waals surface area contributed by atoms with Crippen LogP contribution < -0.4 is 0 Å². The van der Waals surface area contributed by atoms with Crippen LogP contribution in [0.15, 0.2) is 12.4 Å². The molecule has 0 aliphatic heterocycles. The van der Waals surface area contributed by atoms with Crippen LogP contribution in [-0.2, 0) is 7.05 Å². The Bertz CT molecular complexity index is 473. The van der Waals surface area contributed by atoms with Crippen molar-refractivity contribution in [3.05, 3.63) is 23.8 Å². The highest BCUT2D eigenvalue weighted by Gasteiger charge is 2.04. The first kappa shape index (κ1) is 6.17.